The van der Waals surface area contributed by atoms with Gasteiger partial charge < -0.3 is 4.42 Å². The average molecular weight is 433 g/mol. The second kappa shape index (κ2) is 8.45. The van der Waals surface area contributed by atoms with Gasteiger partial charge in [-0.15, -0.1) is 0 Å². The Balaban J connectivity index is 1.50. The zero-order chi connectivity index (χ0) is 21.8. The molecule has 2 N–H and O–H groups in total. The van der Waals surface area contributed by atoms with Crippen molar-refractivity contribution in [2.24, 2.45) is 5.10 Å². The van der Waals surface area contributed by atoms with Crippen molar-refractivity contribution in [3.63, 3.8) is 0 Å². The predicted octanol–water partition coefficient (Wildman–Crippen LogP) is 4.43. The molecular weight excluding hydrogens is 414 g/mol. The molecule has 3 aromatic carbocycles. The van der Waals surface area contributed by atoms with E-state index in [1.807, 2.05) is 37.3 Å². The number of para-hydroxylation sites is 1. The molecule has 0 saturated carbocycles. The Hall–Kier alpha value is -3.91. The lowest BCUT2D eigenvalue weighted by molar-refractivity contribution is 0.560. The molecule has 8 heteroatoms. The summed E-state index contributed by atoms with van der Waals surface area (Å²) in [7, 11) is -3.81. The van der Waals surface area contributed by atoms with E-state index >= 15 is 0 Å². The first-order valence-electron chi connectivity index (χ1n) is 9.43. The van der Waals surface area contributed by atoms with Crippen molar-refractivity contribution >= 4 is 38.1 Å². The lowest BCUT2D eigenvalue weighted by atomic mass is 10.1. The molecule has 0 unspecified atom stereocenters. The first kappa shape index (κ1) is 20.4. The summed E-state index contributed by atoms with van der Waals surface area (Å²) in [4.78, 5) is 11.4. The molecule has 4 rings (SSSR count). The number of sulfonamides is 1. The van der Waals surface area contributed by atoms with Gasteiger partial charge in [-0.25, -0.2) is 13.2 Å². The Morgan fingerprint density at radius 1 is 0.871 bits per heavy atom. The molecule has 0 bridgehead atoms. The van der Waals surface area contributed by atoms with Gasteiger partial charge in [0.25, 0.3) is 10.0 Å². The maximum Gasteiger partial charge on any atom is 0.336 e. The van der Waals surface area contributed by atoms with Crippen LogP contribution in [0, 0.1) is 0 Å². The van der Waals surface area contributed by atoms with E-state index in [0.717, 1.165) is 17.0 Å². The minimum Gasteiger partial charge on any atom is -0.423 e. The number of nitrogens with one attached hydrogen (secondary N) is 2. The Morgan fingerprint density at radius 3 is 2.35 bits per heavy atom. The molecule has 0 spiro atoms. The molecule has 4 aromatic rings. The van der Waals surface area contributed by atoms with E-state index < -0.39 is 15.6 Å². The standard InChI is InChI=1S/C23H19N3O4S/c1-16(24-25-19-5-3-2-4-6-19)17-7-10-20(11-8-17)26-31(28,29)21-12-13-22-18(15-21)9-14-23(27)30-22/h2-15,25-26H,1H3/b24-16+. The third-order valence-electron chi connectivity index (χ3n) is 4.58. The summed E-state index contributed by atoms with van der Waals surface area (Å²) in [5.74, 6) is 0. The maximum absolute atomic E-state index is 12.8. The van der Waals surface area contributed by atoms with Crippen LogP contribution in [0.3, 0.4) is 0 Å². The summed E-state index contributed by atoms with van der Waals surface area (Å²) < 4.78 is 33.1. The van der Waals surface area contributed by atoms with Crippen LogP contribution >= 0.6 is 0 Å². The number of hydrogen-bond acceptors (Lipinski definition) is 6. The molecule has 7 nitrogen and oxygen atoms in total. The lowest BCUT2D eigenvalue weighted by Crippen LogP contribution is -2.13. The summed E-state index contributed by atoms with van der Waals surface area (Å²) in [5, 5.41) is 4.87. The van der Waals surface area contributed by atoms with Gasteiger partial charge in [0.05, 0.1) is 16.3 Å². The zero-order valence-corrected chi connectivity index (χ0v) is 17.4. The average Bonchev–Trinajstić information content (AvgIpc) is 2.78. The van der Waals surface area contributed by atoms with Gasteiger partial charge in [0.15, 0.2) is 0 Å². The number of benzene rings is 3. The SMILES string of the molecule is C/C(=N\Nc1ccccc1)c1ccc(NS(=O)(=O)c2ccc3oc(=O)ccc3c2)cc1. The number of hydrazone groups is 1. The van der Waals surface area contributed by atoms with Gasteiger partial charge in [-0.1, -0.05) is 30.3 Å². The Kier molecular flexibility index (Phi) is 5.55. The number of nitrogens with zero attached hydrogens (tertiary/aromatic N) is 1. The largest absolute Gasteiger partial charge is 0.423 e. The van der Waals surface area contributed by atoms with Crippen molar-refractivity contribution in [2.75, 3.05) is 10.1 Å². The summed E-state index contributed by atoms with van der Waals surface area (Å²) in [5.41, 5.74) is 5.74. The van der Waals surface area contributed by atoms with Crippen LogP contribution in [0.25, 0.3) is 11.0 Å². The third-order valence-corrected chi connectivity index (χ3v) is 5.96. The quantitative estimate of drug-likeness (QED) is 0.266. The van der Waals surface area contributed by atoms with Crippen molar-refractivity contribution in [3.8, 4) is 0 Å². The van der Waals surface area contributed by atoms with Crippen LogP contribution in [0.5, 0.6) is 0 Å². The molecule has 1 aromatic heterocycles. The fraction of sp³-hybridized carbons (Fsp3) is 0.0435. The molecule has 0 atom stereocenters. The molecule has 0 saturated heterocycles. The topological polar surface area (TPSA) is 101 Å². The van der Waals surface area contributed by atoms with E-state index in [-0.39, 0.29) is 4.90 Å². The predicted molar refractivity (Wildman–Crippen MR) is 122 cm³/mol. The lowest BCUT2D eigenvalue weighted by Gasteiger charge is -2.10. The van der Waals surface area contributed by atoms with E-state index in [1.54, 1.807) is 24.3 Å². The van der Waals surface area contributed by atoms with E-state index in [0.29, 0.717) is 16.7 Å². The molecule has 0 fully saturated rings. The summed E-state index contributed by atoms with van der Waals surface area (Å²) in [6.45, 7) is 1.86. The highest BCUT2D eigenvalue weighted by molar-refractivity contribution is 7.92. The molecule has 0 aliphatic rings. The number of rotatable bonds is 6. The fourth-order valence-electron chi connectivity index (χ4n) is 2.94. The van der Waals surface area contributed by atoms with Crippen molar-refractivity contribution in [1.29, 1.82) is 0 Å². The van der Waals surface area contributed by atoms with Crippen molar-refractivity contribution in [1.82, 2.24) is 0 Å². The van der Waals surface area contributed by atoms with Gasteiger partial charge in [0, 0.05) is 17.1 Å². The van der Waals surface area contributed by atoms with Gasteiger partial charge in [-0.3, -0.25) is 10.1 Å². The van der Waals surface area contributed by atoms with E-state index in [9.17, 15) is 13.2 Å². The number of fused-ring (bicyclic) bond motifs is 1. The second-order valence-corrected chi connectivity index (χ2v) is 8.49. The van der Waals surface area contributed by atoms with Crippen molar-refractivity contribution in [2.45, 2.75) is 11.8 Å². The zero-order valence-electron chi connectivity index (χ0n) is 16.6. The highest BCUT2D eigenvalue weighted by Gasteiger charge is 2.15. The van der Waals surface area contributed by atoms with E-state index in [4.69, 9.17) is 4.42 Å². The van der Waals surface area contributed by atoms with E-state index in [1.165, 1.54) is 30.3 Å². The van der Waals surface area contributed by atoms with Crippen LogP contribution in [-0.4, -0.2) is 14.1 Å². The first-order valence-corrected chi connectivity index (χ1v) is 10.9. The first-order chi connectivity index (χ1) is 14.9. The van der Waals surface area contributed by atoms with Gasteiger partial charge in [-0.05, 0) is 61.0 Å². The van der Waals surface area contributed by atoms with Gasteiger partial charge >= 0.3 is 5.63 Å². The van der Waals surface area contributed by atoms with Gasteiger partial charge in [-0.2, -0.15) is 5.10 Å². The molecule has 0 amide bonds. The normalized spacial score (nSPS) is 12.0. The minimum absolute atomic E-state index is 0.0720. The Bertz CT molecular complexity index is 1410. The molecular formula is C23H19N3O4S. The number of hydrogen-bond donors (Lipinski definition) is 2. The van der Waals surface area contributed by atoms with Crippen LogP contribution in [0.15, 0.2) is 104 Å². The summed E-state index contributed by atoms with van der Waals surface area (Å²) in [6, 6.07) is 23.6. The highest BCUT2D eigenvalue weighted by atomic mass is 32.2. The molecule has 1 heterocycles. The smallest absolute Gasteiger partial charge is 0.336 e. The van der Waals surface area contributed by atoms with Gasteiger partial charge in [0.1, 0.15) is 5.58 Å². The molecule has 0 aliphatic carbocycles. The highest BCUT2D eigenvalue weighted by Crippen LogP contribution is 2.21. The monoisotopic (exact) mass is 433 g/mol. The van der Waals surface area contributed by atoms with Crippen LogP contribution in [0.2, 0.25) is 0 Å². The fourth-order valence-corrected chi connectivity index (χ4v) is 4.03. The Morgan fingerprint density at radius 2 is 1.61 bits per heavy atom. The maximum atomic E-state index is 12.8. The van der Waals surface area contributed by atoms with Crippen LogP contribution in [0.4, 0.5) is 11.4 Å². The van der Waals surface area contributed by atoms with Crippen LogP contribution in [0.1, 0.15) is 12.5 Å². The van der Waals surface area contributed by atoms with Crippen molar-refractivity contribution in [3.05, 3.63) is 101 Å². The minimum atomic E-state index is -3.81. The molecule has 0 radical (unpaired) electrons. The van der Waals surface area contributed by atoms with Crippen LogP contribution < -0.4 is 15.8 Å². The van der Waals surface area contributed by atoms with E-state index in [2.05, 4.69) is 15.2 Å². The Labute approximate surface area is 179 Å². The van der Waals surface area contributed by atoms with Gasteiger partial charge in [0.2, 0.25) is 0 Å². The van der Waals surface area contributed by atoms with Crippen LogP contribution in [-0.2, 0) is 10.0 Å². The second-order valence-electron chi connectivity index (χ2n) is 6.81. The summed E-state index contributed by atoms with van der Waals surface area (Å²) >= 11 is 0. The third kappa shape index (κ3) is 4.81. The summed E-state index contributed by atoms with van der Waals surface area (Å²) in [6.07, 6.45) is 0. The molecule has 0 aliphatic heterocycles. The van der Waals surface area contributed by atoms with Crippen molar-refractivity contribution < 1.29 is 12.8 Å². The molecule has 31 heavy (non-hydrogen) atoms. The number of anilines is 2. The molecule has 156 valence electrons.